The molecular formula is C12H24N2O2. The van der Waals surface area contributed by atoms with Crippen LogP contribution >= 0.6 is 0 Å². The number of carbonyl (C=O) groups is 1. The lowest BCUT2D eigenvalue weighted by atomic mass is 9.98. The first-order chi connectivity index (χ1) is 7.44. The number of hydrogen-bond donors (Lipinski definition) is 1. The summed E-state index contributed by atoms with van der Waals surface area (Å²) >= 11 is 0. The van der Waals surface area contributed by atoms with Gasteiger partial charge in [-0.05, 0) is 39.7 Å². The van der Waals surface area contributed by atoms with Gasteiger partial charge in [-0.1, -0.05) is 0 Å². The molecule has 0 bridgehead atoms. The number of aliphatic hydroxyl groups is 1. The zero-order chi connectivity index (χ0) is 12.2. The van der Waals surface area contributed by atoms with E-state index in [9.17, 15) is 9.90 Å². The third-order valence-corrected chi connectivity index (χ3v) is 3.42. The van der Waals surface area contributed by atoms with E-state index >= 15 is 0 Å². The fraction of sp³-hybridized carbons (Fsp3) is 0.917. The van der Waals surface area contributed by atoms with Gasteiger partial charge in [0.1, 0.15) is 0 Å². The van der Waals surface area contributed by atoms with Crippen LogP contribution in [0.5, 0.6) is 0 Å². The molecule has 0 radical (unpaired) electrons. The predicted octanol–water partition coefficient (Wildman–Crippen LogP) is 0.702. The molecule has 1 amide bonds. The summed E-state index contributed by atoms with van der Waals surface area (Å²) in [6, 6.07) is 0. The van der Waals surface area contributed by atoms with Crippen LogP contribution in [-0.4, -0.2) is 59.6 Å². The second kappa shape index (κ2) is 5.64. The van der Waals surface area contributed by atoms with Gasteiger partial charge >= 0.3 is 0 Å². The van der Waals surface area contributed by atoms with E-state index in [1.807, 2.05) is 20.9 Å². The van der Waals surface area contributed by atoms with Crippen LogP contribution in [0.4, 0.5) is 0 Å². The van der Waals surface area contributed by atoms with E-state index in [-0.39, 0.29) is 5.91 Å². The summed E-state index contributed by atoms with van der Waals surface area (Å²) in [6.45, 7) is 6.84. The minimum Gasteiger partial charge on any atom is -0.390 e. The molecule has 0 aliphatic carbocycles. The zero-order valence-corrected chi connectivity index (χ0v) is 10.7. The second-order valence-electron chi connectivity index (χ2n) is 5.03. The van der Waals surface area contributed by atoms with Crippen molar-refractivity contribution < 1.29 is 9.90 Å². The zero-order valence-electron chi connectivity index (χ0n) is 10.7. The highest BCUT2D eigenvalue weighted by Gasteiger charge is 2.25. The SMILES string of the molecule is CCN(C)C(=O)CN1CCCC(C)(O)CC1. The van der Waals surface area contributed by atoms with Crippen molar-refractivity contribution in [2.24, 2.45) is 0 Å². The Morgan fingerprint density at radius 3 is 2.75 bits per heavy atom. The molecule has 4 nitrogen and oxygen atoms in total. The second-order valence-corrected chi connectivity index (χ2v) is 5.03. The van der Waals surface area contributed by atoms with Crippen molar-refractivity contribution in [2.45, 2.75) is 38.7 Å². The first kappa shape index (κ1) is 13.5. The number of carbonyl (C=O) groups excluding carboxylic acids is 1. The van der Waals surface area contributed by atoms with Crippen LogP contribution in [0.25, 0.3) is 0 Å². The monoisotopic (exact) mass is 228 g/mol. The molecule has 1 heterocycles. The molecule has 1 aliphatic rings. The standard InChI is InChI=1S/C12H24N2O2/c1-4-13(3)11(15)10-14-8-5-6-12(2,16)7-9-14/h16H,4-10H2,1-3H3. The number of amides is 1. The lowest BCUT2D eigenvalue weighted by Crippen LogP contribution is -2.39. The summed E-state index contributed by atoms with van der Waals surface area (Å²) in [5.41, 5.74) is -0.547. The van der Waals surface area contributed by atoms with E-state index < -0.39 is 5.60 Å². The lowest BCUT2D eigenvalue weighted by Gasteiger charge is -2.24. The Kier molecular flexibility index (Phi) is 4.74. The number of likely N-dealkylation sites (tertiary alicyclic amines) is 1. The van der Waals surface area contributed by atoms with E-state index in [0.717, 1.165) is 38.9 Å². The minimum absolute atomic E-state index is 0.170. The Morgan fingerprint density at radius 1 is 1.44 bits per heavy atom. The van der Waals surface area contributed by atoms with Crippen LogP contribution in [0.15, 0.2) is 0 Å². The van der Waals surface area contributed by atoms with Gasteiger partial charge in [0.15, 0.2) is 0 Å². The van der Waals surface area contributed by atoms with Crippen molar-refractivity contribution in [3.8, 4) is 0 Å². The maximum absolute atomic E-state index is 11.7. The van der Waals surface area contributed by atoms with Crippen molar-refractivity contribution in [3.63, 3.8) is 0 Å². The summed E-state index contributed by atoms with van der Waals surface area (Å²) < 4.78 is 0. The highest BCUT2D eigenvalue weighted by Crippen LogP contribution is 2.21. The Balaban J connectivity index is 2.41. The van der Waals surface area contributed by atoms with Crippen LogP contribution in [0.2, 0.25) is 0 Å². The van der Waals surface area contributed by atoms with Gasteiger partial charge in [0.25, 0.3) is 0 Å². The smallest absolute Gasteiger partial charge is 0.236 e. The summed E-state index contributed by atoms with van der Waals surface area (Å²) in [5.74, 6) is 0.170. The fourth-order valence-electron chi connectivity index (χ4n) is 1.97. The Labute approximate surface area is 98.2 Å². The van der Waals surface area contributed by atoms with Crippen molar-refractivity contribution >= 4 is 5.91 Å². The number of likely N-dealkylation sites (N-methyl/N-ethyl adjacent to an activating group) is 1. The maximum atomic E-state index is 11.7. The van der Waals surface area contributed by atoms with E-state index in [1.165, 1.54) is 0 Å². The molecule has 1 N–H and O–H groups in total. The van der Waals surface area contributed by atoms with Crippen molar-refractivity contribution in [1.82, 2.24) is 9.80 Å². The van der Waals surface area contributed by atoms with E-state index in [4.69, 9.17) is 0 Å². The molecule has 0 aromatic heterocycles. The van der Waals surface area contributed by atoms with Gasteiger partial charge in [-0.25, -0.2) is 0 Å². The molecule has 1 saturated heterocycles. The van der Waals surface area contributed by atoms with Gasteiger partial charge in [-0.15, -0.1) is 0 Å². The fourth-order valence-corrected chi connectivity index (χ4v) is 1.97. The first-order valence-electron chi connectivity index (χ1n) is 6.13. The average molecular weight is 228 g/mol. The Morgan fingerprint density at radius 2 is 2.12 bits per heavy atom. The first-order valence-corrected chi connectivity index (χ1v) is 6.13. The Bertz CT molecular complexity index is 241. The molecule has 1 atom stereocenters. The summed E-state index contributed by atoms with van der Waals surface area (Å²) in [7, 11) is 1.83. The minimum atomic E-state index is -0.547. The van der Waals surface area contributed by atoms with Gasteiger partial charge in [0, 0.05) is 20.1 Å². The number of hydrogen-bond acceptors (Lipinski definition) is 3. The average Bonchev–Trinajstić information content (AvgIpc) is 2.39. The number of nitrogens with zero attached hydrogens (tertiary/aromatic N) is 2. The molecule has 16 heavy (non-hydrogen) atoms. The van der Waals surface area contributed by atoms with E-state index in [1.54, 1.807) is 4.90 Å². The highest BCUT2D eigenvalue weighted by atomic mass is 16.3. The molecule has 1 aliphatic heterocycles. The summed E-state index contributed by atoms with van der Waals surface area (Å²) in [5, 5.41) is 9.94. The van der Waals surface area contributed by atoms with Crippen LogP contribution < -0.4 is 0 Å². The summed E-state index contributed by atoms with van der Waals surface area (Å²) in [4.78, 5) is 15.6. The topological polar surface area (TPSA) is 43.8 Å². The van der Waals surface area contributed by atoms with Gasteiger partial charge < -0.3 is 10.0 Å². The van der Waals surface area contributed by atoms with Crippen molar-refractivity contribution in [2.75, 3.05) is 33.2 Å². The summed E-state index contributed by atoms with van der Waals surface area (Å²) in [6.07, 6.45) is 2.56. The van der Waals surface area contributed by atoms with E-state index in [0.29, 0.717) is 6.54 Å². The van der Waals surface area contributed by atoms with Crippen molar-refractivity contribution in [1.29, 1.82) is 0 Å². The van der Waals surface area contributed by atoms with Crippen LogP contribution in [0.3, 0.4) is 0 Å². The van der Waals surface area contributed by atoms with Gasteiger partial charge in [0.2, 0.25) is 5.91 Å². The predicted molar refractivity (Wildman–Crippen MR) is 64.2 cm³/mol. The van der Waals surface area contributed by atoms with Gasteiger partial charge in [-0.2, -0.15) is 0 Å². The molecule has 4 heteroatoms. The number of rotatable bonds is 3. The molecule has 0 saturated carbocycles. The molecule has 1 fully saturated rings. The normalized spacial score (nSPS) is 27.5. The molecule has 1 unspecified atom stereocenters. The lowest BCUT2D eigenvalue weighted by molar-refractivity contribution is -0.131. The third-order valence-electron chi connectivity index (χ3n) is 3.42. The van der Waals surface area contributed by atoms with Gasteiger partial charge in [-0.3, -0.25) is 9.69 Å². The van der Waals surface area contributed by atoms with Gasteiger partial charge in [0.05, 0.1) is 12.1 Å². The molecule has 1 rings (SSSR count). The largest absolute Gasteiger partial charge is 0.390 e. The third kappa shape index (κ3) is 4.10. The molecule has 0 aromatic carbocycles. The Hall–Kier alpha value is -0.610. The van der Waals surface area contributed by atoms with Crippen LogP contribution in [0.1, 0.15) is 33.1 Å². The quantitative estimate of drug-likeness (QED) is 0.773. The van der Waals surface area contributed by atoms with Crippen LogP contribution in [0, 0.1) is 0 Å². The van der Waals surface area contributed by atoms with Crippen LogP contribution in [-0.2, 0) is 4.79 Å². The highest BCUT2D eigenvalue weighted by molar-refractivity contribution is 5.77. The molecule has 0 spiro atoms. The molecule has 0 aromatic rings. The van der Waals surface area contributed by atoms with E-state index in [2.05, 4.69) is 4.90 Å². The van der Waals surface area contributed by atoms with Crippen molar-refractivity contribution in [3.05, 3.63) is 0 Å². The maximum Gasteiger partial charge on any atom is 0.236 e. The molecular weight excluding hydrogens is 204 g/mol. The molecule has 94 valence electrons.